The van der Waals surface area contributed by atoms with E-state index in [9.17, 15) is 4.79 Å². The van der Waals surface area contributed by atoms with Crippen molar-refractivity contribution in [3.05, 3.63) is 35.4 Å². The van der Waals surface area contributed by atoms with Gasteiger partial charge in [-0.25, -0.2) is 0 Å². The summed E-state index contributed by atoms with van der Waals surface area (Å²) in [7, 11) is 0. The fourth-order valence-corrected chi connectivity index (χ4v) is 3.24. The minimum Gasteiger partial charge on any atom is -0.354 e. The monoisotopic (exact) mass is 316 g/mol. The average molecular weight is 316 g/mol. The van der Waals surface area contributed by atoms with Gasteiger partial charge in [-0.15, -0.1) is 0 Å². The first-order valence-corrected chi connectivity index (χ1v) is 9.15. The molecule has 128 valence electrons. The molecular formula is C20H32N2O. The van der Waals surface area contributed by atoms with Crippen molar-refractivity contribution in [2.75, 3.05) is 26.2 Å². The molecule has 1 saturated heterocycles. The molecule has 0 aliphatic carbocycles. The molecule has 1 fully saturated rings. The van der Waals surface area contributed by atoms with E-state index in [4.69, 9.17) is 0 Å². The Bertz CT molecular complexity index is 475. The largest absolute Gasteiger partial charge is 0.354 e. The summed E-state index contributed by atoms with van der Waals surface area (Å²) in [6.45, 7) is 10.6. The number of hydrogen-bond acceptors (Lipinski definition) is 2. The lowest BCUT2D eigenvalue weighted by atomic mass is 9.96. The highest BCUT2D eigenvalue weighted by molar-refractivity contribution is 5.83. The highest BCUT2D eigenvalue weighted by atomic mass is 16.1. The number of rotatable bonds is 7. The van der Waals surface area contributed by atoms with Gasteiger partial charge in [-0.2, -0.15) is 0 Å². The quantitative estimate of drug-likeness (QED) is 0.834. The SMILES string of the molecule is CC(C)Cc1ccc([C@H](C)C(=O)NCCN2CCCCC2)cc1. The summed E-state index contributed by atoms with van der Waals surface area (Å²) in [4.78, 5) is 14.8. The van der Waals surface area contributed by atoms with E-state index in [1.54, 1.807) is 0 Å². The van der Waals surface area contributed by atoms with Crippen LogP contribution >= 0.6 is 0 Å². The Kier molecular flexibility index (Phi) is 7.10. The number of piperidine rings is 1. The first-order chi connectivity index (χ1) is 11.1. The summed E-state index contributed by atoms with van der Waals surface area (Å²) in [5, 5.41) is 3.09. The van der Waals surface area contributed by atoms with Gasteiger partial charge in [-0.3, -0.25) is 4.79 Å². The molecule has 2 rings (SSSR count). The molecular weight excluding hydrogens is 284 g/mol. The molecule has 1 amide bonds. The summed E-state index contributed by atoms with van der Waals surface area (Å²) < 4.78 is 0. The highest BCUT2D eigenvalue weighted by Gasteiger charge is 2.16. The Morgan fingerprint density at radius 2 is 1.74 bits per heavy atom. The number of likely N-dealkylation sites (tertiary alicyclic amines) is 1. The Labute approximate surface area is 141 Å². The summed E-state index contributed by atoms with van der Waals surface area (Å²) in [6, 6.07) is 8.53. The van der Waals surface area contributed by atoms with Crippen LogP contribution in [0.1, 0.15) is 57.1 Å². The normalized spacial score (nSPS) is 17.2. The number of hydrogen-bond donors (Lipinski definition) is 1. The third-order valence-corrected chi connectivity index (χ3v) is 4.69. The molecule has 0 unspecified atom stereocenters. The number of amides is 1. The van der Waals surface area contributed by atoms with Gasteiger partial charge >= 0.3 is 0 Å². The van der Waals surface area contributed by atoms with E-state index >= 15 is 0 Å². The number of carbonyl (C=O) groups is 1. The second-order valence-corrected chi connectivity index (χ2v) is 7.25. The molecule has 1 aromatic rings. The van der Waals surface area contributed by atoms with E-state index in [0.717, 1.165) is 25.1 Å². The van der Waals surface area contributed by atoms with Crippen molar-refractivity contribution < 1.29 is 4.79 Å². The fourth-order valence-electron chi connectivity index (χ4n) is 3.24. The zero-order valence-corrected chi connectivity index (χ0v) is 15.0. The van der Waals surface area contributed by atoms with Crippen LogP contribution in [-0.2, 0) is 11.2 Å². The van der Waals surface area contributed by atoms with Crippen LogP contribution in [-0.4, -0.2) is 37.0 Å². The summed E-state index contributed by atoms with van der Waals surface area (Å²) in [5.41, 5.74) is 2.45. The van der Waals surface area contributed by atoms with Crippen LogP contribution in [0.4, 0.5) is 0 Å². The van der Waals surface area contributed by atoms with Crippen molar-refractivity contribution in [1.29, 1.82) is 0 Å². The third kappa shape index (κ3) is 5.98. The zero-order chi connectivity index (χ0) is 16.7. The number of nitrogens with one attached hydrogen (secondary N) is 1. The van der Waals surface area contributed by atoms with Crippen LogP contribution < -0.4 is 5.32 Å². The van der Waals surface area contributed by atoms with Crippen molar-refractivity contribution >= 4 is 5.91 Å². The third-order valence-electron chi connectivity index (χ3n) is 4.69. The van der Waals surface area contributed by atoms with Crippen molar-refractivity contribution in [2.24, 2.45) is 5.92 Å². The minimum absolute atomic E-state index is 0.0792. The molecule has 3 heteroatoms. The molecule has 1 aliphatic rings. The lowest BCUT2D eigenvalue weighted by molar-refractivity contribution is -0.122. The smallest absolute Gasteiger partial charge is 0.227 e. The van der Waals surface area contributed by atoms with E-state index < -0.39 is 0 Å². The zero-order valence-electron chi connectivity index (χ0n) is 15.0. The molecule has 0 bridgehead atoms. The van der Waals surface area contributed by atoms with Crippen LogP contribution in [0.25, 0.3) is 0 Å². The summed E-state index contributed by atoms with van der Waals surface area (Å²) >= 11 is 0. The number of carbonyl (C=O) groups excluding carboxylic acids is 1. The summed E-state index contributed by atoms with van der Waals surface area (Å²) in [6.07, 6.45) is 5.05. The Morgan fingerprint density at radius 3 is 2.35 bits per heavy atom. The molecule has 1 N–H and O–H groups in total. The maximum Gasteiger partial charge on any atom is 0.227 e. The van der Waals surface area contributed by atoms with Crippen LogP contribution in [0.2, 0.25) is 0 Å². The Morgan fingerprint density at radius 1 is 1.09 bits per heavy atom. The molecule has 0 saturated carbocycles. The fraction of sp³-hybridized carbons (Fsp3) is 0.650. The van der Waals surface area contributed by atoms with Gasteiger partial charge in [0.2, 0.25) is 5.91 Å². The molecule has 3 nitrogen and oxygen atoms in total. The lowest BCUT2D eigenvalue weighted by Gasteiger charge is -2.26. The lowest BCUT2D eigenvalue weighted by Crippen LogP contribution is -2.38. The molecule has 23 heavy (non-hydrogen) atoms. The second kappa shape index (κ2) is 9.07. The van der Waals surface area contributed by atoms with Crippen LogP contribution in [0, 0.1) is 5.92 Å². The predicted molar refractivity (Wildman–Crippen MR) is 96.7 cm³/mol. The van der Waals surface area contributed by atoms with Gasteiger partial charge in [0.05, 0.1) is 5.92 Å². The van der Waals surface area contributed by atoms with E-state index in [1.807, 2.05) is 6.92 Å². The maximum absolute atomic E-state index is 12.3. The van der Waals surface area contributed by atoms with E-state index in [0.29, 0.717) is 5.92 Å². The number of benzene rings is 1. The van der Waals surface area contributed by atoms with Crippen molar-refractivity contribution in [3.8, 4) is 0 Å². The van der Waals surface area contributed by atoms with Crippen LogP contribution in [0.3, 0.4) is 0 Å². The molecule has 0 spiro atoms. The first-order valence-electron chi connectivity index (χ1n) is 9.15. The average Bonchev–Trinajstić information content (AvgIpc) is 2.55. The standard InChI is InChI=1S/C20H32N2O/c1-16(2)15-18-7-9-19(10-8-18)17(3)20(23)21-11-14-22-12-5-4-6-13-22/h7-10,16-17H,4-6,11-15H2,1-3H3,(H,21,23)/t17-/m0/s1. The van der Waals surface area contributed by atoms with Gasteiger partial charge in [0.15, 0.2) is 0 Å². The van der Waals surface area contributed by atoms with E-state index in [-0.39, 0.29) is 11.8 Å². The van der Waals surface area contributed by atoms with Gasteiger partial charge in [0.1, 0.15) is 0 Å². The highest BCUT2D eigenvalue weighted by Crippen LogP contribution is 2.17. The predicted octanol–water partition coefficient (Wildman–Crippen LogP) is 3.59. The molecule has 0 radical (unpaired) electrons. The first kappa shape index (κ1) is 18.0. The van der Waals surface area contributed by atoms with Crippen molar-refractivity contribution in [3.63, 3.8) is 0 Å². The van der Waals surface area contributed by atoms with Gasteiger partial charge in [-0.05, 0) is 56.3 Å². The van der Waals surface area contributed by atoms with Gasteiger partial charge in [0, 0.05) is 13.1 Å². The molecule has 1 heterocycles. The summed E-state index contributed by atoms with van der Waals surface area (Å²) in [5.74, 6) is 0.722. The van der Waals surface area contributed by atoms with Crippen LogP contribution in [0.15, 0.2) is 24.3 Å². The molecule has 1 aromatic carbocycles. The van der Waals surface area contributed by atoms with Crippen molar-refractivity contribution in [1.82, 2.24) is 10.2 Å². The van der Waals surface area contributed by atoms with Gasteiger partial charge < -0.3 is 10.2 Å². The van der Waals surface area contributed by atoms with Gasteiger partial charge in [0.25, 0.3) is 0 Å². The van der Waals surface area contributed by atoms with E-state index in [2.05, 4.69) is 48.3 Å². The topological polar surface area (TPSA) is 32.3 Å². The minimum atomic E-state index is -0.0792. The maximum atomic E-state index is 12.3. The van der Waals surface area contributed by atoms with Crippen LogP contribution in [0.5, 0.6) is 0 Å². The molecule has 1 aliphatic heterocycles. The molecule has 0 aromatic heterocycles. The molecule has 1 atom stereocenters. The Balaban J connectivity index is 1.77. The Hall–Kier alpha value is -1.35. The second-order valence-electron chi connectivity index (χ2n) is 7.25. The number of nitrogens with zero attached hydrogens (tertiary/aromatic N) is 1. The van der Waals surface area contributed by atoms with E-state index in [1.165, 1.54) is 37.9 Å². The van der Waals surface area contributed by atoms with Crippen molar-refractivity contribution in [2.45, 2.75) is 52.4 Å². The van der Waals surface area contributed by atoms with Gasteiger partial charge in [-0.1, -0.05) is 44.5 Å².